The lowest BCUT2D eigenvalue weighted by Gasteiger charge is -2.18. The van der Waals surface area contributed by atoms with Gasteiger partial charge in [0.15, 0.2) is 6.29 Å². The molecule has 1 rings (SSSR count). The monoisotopic (exact) mass is 574 g/mol. The third-order valence-corrected chi connectivity index (χ3v) is 9.38. The second kappa shape index (κ2) is 18.3. The Morgan fingerprint density at radius 2 is 1.35 bits per heavy atom. The van der Waals surface area contributed by atoms with Crippen molar-refractivity contribution in [1.29, 1.82) is 0 Å². The molecule has 0 aromatic heterocycles. The van der Waals surface area contributed by atoms with Gasteiger partial charge in [-0.25, -0.2) is 4.57 Å². The Bertz CT molecular complexity index is 792. The molecule has 1 aromatic carbocycles. The first kappa shape index (κ1) is 31.0. The number of phenols is 1. The second-order valence-corrected chi connectivity index (χ2v) is 13.0. The van der Waals surface area contributed by atoms with Gasteiger partial charge in [0.25, 0.3) is 0 Å². The first-order chi connectivity index (χ1) is 16.3. The molecule has 0 saturated heterocycles. The largest absolute Gasteiger partial charge is 0.530 e. The number of rotatable bonds is 19. The van der Waals surface area contributed by atoms with Crippen LogP contribution in [0.3, 0.4) is 0 Å². The average Bonchev–Trinajstić information content (AvgIpc) is 2.78. The molecule has 0 aliphatic carbocycles. The lowest BCUT2D eigenvalue weighted by atomic mass is 10.2. The summed E-state index contributed by atoms with van der Waals surface area (Å²) in [5.41, 5.74) is -0.0245. The summed E-state index contributed by atoms with van der Waals surface area (Å²) in [6.45, 7) is 3.41. The van der Waals surface area contributed by atoms with Gasteiger partial charge in [-0.05, 0) is 18.2 Å². The van der Waals surface area contributed by atoms with Crippen molar-refractivity contribution in [2.45, 2.75) is 13.8 Å². The SMILES string of the molecule is CC(=O)OCCSSCCOP(=O)(OCCSSCCOC(C)=O)Oc1ccc(O)c(C=O)c1. The number of phenolic OH excluding ortho intramolecular Hbond substituents is 1. The molecule has 0 spiro atoms. The van der Waals surface area contributed by atoms with Crippen LogP contribution in [0.1, 0.15) is 24.2 Å². The molecular weight excluding hydrogens is 547 g/mol. The quantitative estimate of drug-likeness (QED) is 0.0809. The molecular formula is C19H27O10PS4. The van der Waals surface area contributed by atoms with E-state index < -0.39 is 7.82 Å². The van der Waals surface area contributed by atoms with Crippen LogP contribution in [0.5, 0.6) is 11.5 Å². The number of carbonyl (C=O) groups is 3. The van der Waals surface area contributed by atoms with Gasteiger partial charge in [-0.2, -0.15) is 0 Å². The summed E-state index contributed by atoms with van der Waals surface area (Å²) in [6.07, 6.45) is 0.447. The Balaban J connectivity index is 2.50. The number of esters is 2. The summed E-state index contributed by atoms with van der Waals surface area (Å²) in [5.74, 6) is 1.29. The predicted octanol–water partition coefficient (Wildman–Crippen LogP) is 4.61. The number of aldehydes is 1. The Hall–Kier alpha value is -1.02. The molecule has 1 aromatic rings. The van der Waals surface area contributed by atoms with E-state index in [1.165, 1.54) is 75.2 Å². The fraction of sp³-hybridized carbons (Fsp3) is 0.526. The van der Waals surface area contributed by atoms with E-state index in [4.69, 9.17) is 23.0 Å². The zero-order valence-corrected chi connectivity index (χ0v) is 22.8. The fourth-order valence-corrected chi connectivity index (χ4v) is 6.68. The Kier molecular flexibility index (Phi) is 16.7. The van der Waals surface area contributed by atoms with Gasteiger partial charge in [0.1, 0.15) is 24.7 Å². The molecule has 192 valence electrons. The summed E-state index contributed by atoms with van der Waals surface area (Å²) in [5, 5.41) is 9.63. The highest BCUT2D eigenvalue weighted by atomic mass is 33.1. The van der Waals surface area contributed by atoms with Crippen LogP contribution in [0, 0.1) is 0 Å². The van der Waals surface area contributed by atoms with Crippen LogP contribution in [0.4, 0.5) is 0 Å². The summed E-state index contributed by atoms with van der Waals surface area (Å²) in [7, 11) is 1.82. The molecule has 0 heterocycles. The van der Waals surface area contributed by atoms with E-state index in [0.717, 1.165) is 0 Å². The highest BCUT2D eigenvalue weighted by molar-refractivity contribution is 8.77. The number of aromatic hydroxyl groups is 1. The van der Waals surface area contributed by atoms with E-state index in [0.29, 0.717) is 42.5 Å². The minimum absolute atomic E-state index is 0.0245. The lowest BCUT2D eigenvalue weighted by molar-refractivity contribution is -0.141. The van der Waals surface area contributed by atoms with Gasteiger partial charge in [-0.3, -0.25) is 23.4 Å². The molecule has 1 N–H and O–H groups in total. The predicted molar refractivity (Wildman–Crippen MR) is 137 cm³/mol. The molecule has 0 unspecified atom stereocenters. The number of hydrogen-bond donors (Lipinski definition) is 1. The molecule has 15 heteroatoms. The summed E-state index contributed by atoms with van der Waals surface area (Å²) in [6, 6.07) is 3.83. The zero-order chi connectivity index (χ0) is 25.2. The minimum Gasteiger partial charge on any atom is -0.507 e. The molecule has 0 bridgehead atoms. The van der Waals surface area contributed by atoms with Crippen molar-refractivity contribution in [3.05, 3.63) is 23.8 Å². The van der Waals surface area contributed by atoms with Crippen molar-refractivity contribution in [2.24, 2.45) is 0 Å². The number of hydrogen-bond acceptors (Lipinski definition) is 14. The van der Waals surface area contributed by atoms with Gasteiger partial charge in [0, 0.05) is 36.9 Å². The van der Waals surface area contributed by atoms with Gasteiger partial charge in [0.2, 0.25) is 0 Å². The van der Waals surface area contributed by atoms with Crippen LogP contribution in [-0.2, 0) is 32.7 Å². The van der Waals surface area contributed by atoms with Crippen LogP contribution in [0.2, 0.25) is 0 Å². The average molecular weight is 575 g/mol. The highest BCUT2D eigenvalue weighted by Crippen LogP contribution is 2.50. The van der Waals surface area contributed by atoms with Crippen molar-refractivity contribution < 1.29 is 47.1 Å². The van der Waals surface area contributed by atoms with Crippen LogP contribution < -0.4 is 4.52 Å². The Labute approximate surface area is 214 Å². The van der Waals surface area contributed by atoms with Crippen LogP contribution in [0.15, 0.2) is 18.2 Å². The smallest absolute Gasteiger partial charge is 0.507 e. The number of phosphoric acid groups is 1. The molecule has 0 radical (unpaired) electrons. The van der Waals surface area contributed by atoms with Gasteiger partial charge in [-0.1, -0.05) is 43.2 Å². The number of ether oxygens (including phenoxy) is 2. The van der Waals surface area contributed by atoms with E-state index in [2.05, 4.69) is 0 Å². The second-order valence-electron chi connectivity index (χ2n) is 6.01. The van der Waals surface area contributed by atoms with E-state index in [1.807, 2.05) is 0 Å². The fourth-order valence-electron chi connectivity index (χ4n) is 1.94. The Morgan fingerprint density at radius 3 is 1.79 bits per heavy atom. The number of benzene rings is 1. The van der Waals surface area contributed by atoms with Crippen LogP contribution >= 0.6 is 51.0 Å². The summed E-state index contributed by atoms with van der Waals surface area (Å²) >= 11 is 0. The van der Waals surface area contributed by atoms with Gasteiger partial charge >= 0.3 is 19.8 Å². The third kappa shape index (κ3) is 15.1. The molecule has 0 amide bonds. The maximum Gasteiger partial charge on any atom is 0.530 e. The molecule has 0 aliphatic rings. The molecule has 0 fully saturated rings. The summed E-state index contributed by atoms with van der Waals surface area (Å²) < 4.78 is 39.1. The molecule has 34 heavy (non-hydrogen) atoms. The van der Waals surface area contributed by atoms with E-state index in [9.17, 15) is 24.1 Å². The first-order valence-electron chi connectivity index (χ1n) is 9.88. The number of carbonyl (C=O) groups excluding carboxylic acids is 3. The topological polar surface area (TPSA) is 135 Å². The first-order valence-corrected chi connectivity index (χ1v) is 16.3. The van der Waals surface area contributed by atoms with Crippen LogP contribution in [0.25, 0.3) is 0 Å². The van der Waals surface area contributed by atoms with Crippen molar-refractivity contribution >= 4 is 69.2 Å². The van der Waals surface area contributed by atoms with Crippen LogP contribution in [-0.4, -0.2) is 72.8 Å². The van der Waals surface area contributed by atoms with Gasteiger partial charge < -0.3 is 19.1 Å². The normalized spacial score (nSPS) is 11.1. The highest BCUT2D eigenvalue weighted by Gasteiger charge is 2.29. The molecule has 10 nitrogen and oxygen atoms in total. The van der Waals surface area contributed by atoms with Crippen molar-refractivity contribution in [2.75, 3.05) is 49.4 Å². The van der Waals surface area contributed by atoms with E-state index in [1.54, 1.807) is 0 Å². The number of phosphoric ester groups is 1. The molecule has 0 atom stereocenters. The maximum absolute atomic E-state index is 13.1. The van der Waals surface area contributed by atoms with E-state index >= 15 is 0 Å². The Morgan fingerprint density at radius 1 is 0.882 bits per heavy atom. The summed E-state index contributed by atoms with van der Waals surface area (Å²) in [4.78, 5) is 32.5. The zero-order valence-electron chi connectivity index (χ0n) is 18.7. The van der Waals surface area contributed by atoms with Gasteiger partial charge in [0.05, 0.1) is 18.8 Å². The van der Waals surface area contributed by atoms with E-state index in [-0.39, 0.29) is 42.2 Å². The standard InChI is InChI=1S/C19H27O10PS4/c1-15(21)25-5-9-31-33-11-7-27-30(24,28-8-12-34-32-10-6-26-16(2)22)29-18-3-4-19(23)17(13-18)14-20/h3-4,13-14,23H,5-12H2,1-2H3. The molecule has 0 saturated carbocycles. The lowest BCUT2D eigenvalue weighted by Crippen LogP contribution is -2.07. The van der Waals surface area contributed by atoms with Crippen molar-refractivity contribution in [3.63, 3.8) is 0 Å². The van der Waals surface area contributed by atoms with Crippen molar-refractivity contribution in [1.82, 2.24) is 0 Å². The molecule has 0 aliphatic heterocycles. The van der Waals surface area contributed by atoms with Crippen molar-refractivity contribution in [3.8, 4) is 11.5 Å². The van der Waals surface area contributed by atoms with Gasteiger partial charge in [-0.15, -0.1) is 0 Å². The maximum atomic E-state index is 13.1. The minimum atomic E-state index is -4.02. The third-order valence-electron chi connectivity index (χ3n) is 3.29.